The second kappa shape index (κ2) is 7.10. The SMILES string of the molecule is CC1=C(C)C(c2ccccc2C=NNc2ccccc2C)C(C)=C1C. The van der Waals surface area contributed by atoms with Crippen molar-refractivity contribution in [1.29, 1.82) is 0 Å². The average molecular weight is 330 g/mol. The Morgan fingerprint density at radius 3 is 2.08 bits per heavy atom. The predicted octanol–water partition coefficient (Wildman–Crippen LogP) is 6.21. The fourth-order valence-corrected chi connectivity index (χ4v) is 3.58. The van der Waals surface area contributed by atoms with E-state index in [0.29, 0.717) is 5.92 Å². The van der Waals surface area contributed by atoms with E-state index in [4.69, 9.17) is 0 Å². The van der Waals surface area contributed by atoms with Gasteiger partial charge in [0.1, 0.15) is 0 Å². The van der Waals surface area contributed by atoms with Crippen molar-refractivity contribution in [1.82, 2.24) is 0 Å². The number of hydrogen-bond donors (Lipinski definition) is 1. The van der Waals surface area contributed by atoms with E-state index < -0.39 is 0 Å². The zero-order valence-corrected chi connectivity index (χ0v) is 15.7. The van der Waals surface area contributed by atoms with Gasteiger partial charge in [-0.15, -0.1) is 0 Å². The first-order valence-electron chi connectivity index (χ1n) is 8.79. The summed E-state index contributed by atoms with van der Waals surface area (Å²) in [4.78, 5) is 0. The van der Waals surface area contributed by atoms with Crippen molar-refractivity contribution in [3.63, 3.8) is 0 Å². The van der Waals surface area contributed by atoms with Gasteiger partial charge in [-0.25, -0.2) is 0 Å². The van der Waals surface area contributed by atoms with Crippen LogP contribution in [0.1, 0.15) is 50.3 Å². The van der Waals surface area contributed by atoms with Gasteiger partial charge in [-0.2, -0.15) is 5.10 Å². The van der Waals surface area contributed by atoms with Gasteiger partial charge in [-0.3, -0.25) is 5.43 Å². The highest BCUT2D eigenvalue weighted by atomic mass is 15.3. The van der Waals surface area contributed by atoms with Gasteiger partial charge in [0, 0.05) is 5.92 Å². The van der Waals surface area contributed by atoms with E-state index in [-0.39, 0.29) is 0 Å². The molecule has 0 spiro atoms. The van der Waals surface area contributed by atoms with Gasteiger partial charge in [0.2, 0.25) is 0 Å². The highest BCUT2D eigenvalue weighted by Crippen LogP contribution is 2.43. The minimum absolute atomic E-state index is 0.362. The van der Waals surface area contributed by atoms with Crippen LogP contribution in [0.25, 0.3) is 0 Å². The van der Waals surface area contributed by atoms with Crippen LogP contribution in [0.5, 0.6) is 0 Å². The van der Waals surface area contributed by atoms with Gasteiger partial charge in [-0.1, -0.05) is 53.6 Å². The molecule has 0 radical (unpaired) electrons. The van der Waals surface area contributed by atoms with Gasteiger partial charge >= 0.3 is 0 Å². The van der Waals surface area contributed by atoms with Crippen molar-refractivity contribution < 1.29 is 0 Å². The van der Waals surface area contributed by atoms with Gasteiger partial charge in [0.05, 0.1) is 11.9 Å². The van der Waals surface area contributed by atoms with E-state index >= 15 is 0 Å². The Morgan fingerprint density at radius 1 is 0.800 bits per heavy atom. The molecule has 0 aromatic heterocycles. The molecule has 25 heavy (non-hydrogen) atoms. The maximum Gasteiger partial charge on any atom is 0.0590 e. The number of rotatable bonds is 4. The molecule has 3 rings (SSSR count). The molecule has 1 aliphatic carbocycles. The Hall–Kier alpha value is -2.61. The molecule has 2 heteroatoms. The van der Waals surface area contributed by atoms with Crippen molar-refractivity contribution >= 4 is 11.9 Å². The molecule has 128 valence electrons. The Balaban J connectivity index is 1.90. The second-order valence-corrected chi connectivity index (χ2v) is 6.86. The summed E-state index contributed by atoms with van der Waals surface area (Å²) in [6.07, 6.45) is 1.94. The number of nitrogens with one attached hydrogen (secondary N) is 1. The molecule has 0 aliphatic heterocycles. The van der Waals surface area contributed by atoms with Crippen LogP contribution in [-0.2, 0) is 0 Å². The number of aryl methyl sites for hydroxylation is 1. The normalized spacial score (nSPS) is 15.6. The third-order valence-electron chi connectivity index (χ3n) is 5.45. The van der Waals surface area contributed by atoms with Crippen LogP contribution in [-0.4, -0.2) is 6.21 Å². The minimum atomic E-state index is 0.362. The lowest BCUT2D eigenvalue weighted by Gasteiger charge is -2.18. The zero-order chi connectivity index (χ0) is 18.0. The first-order chi connectivity index (χ1) is 12.0. The van der Waals surface area contributed by atoms with E-state index in [2.05, 4.69) is 75.5 Å². The fourth-order valence-electron chi connectivity index (χ4n) is 3.58. The monoisotopic (exact) mass is 330 g/mol. The Morgan fingerprint density at radius 2 is 1.40 bits per heavy atom. The zero-order valence-electron chi connectivity index (χ0n) is 15.7. The van der Waals surface area contributed by atoms with Crippen LogP contribution < -0.4 is 5.43 Å². The molecule has 2 aromatic rings. The summed E-state index contributed by atoms with van der Waals surface area (Å²) in [6.45, 7) is 11.0. The van der Waals surface area contributed by atoms with E-state index in [9.17, 15) is 0 Å². The minimum Gasteiger partial charge on any atom is -0.278 e. The number of nitrogens with zero attached hydrogens (tertiary/aromatic N) is 1. The molecule has 0 fully saturated rings. The number of benzene rings is 2. The summed E-state index contributed by atoms with van der Waals surface area (Å²) < 4.78 is 0. The van der Waals surface area contributed by atoms with Crippen molar-refractivity contribution in [2.75, 3.05) is 5.43 Å². The highest BCUT2D eigenvalue weighted by Gasteiger charge is 2.26. The first-order valence-corrected chi connectivity index (χ1v) is 8.79. The van der Waals surface area contributed by atoms with Crippen LogP contribution in [0, 0.1) is 6.92 Å². The summed E-state index contributed by atoms with van der Waals surface area (Å²) in [5.41, 5.74) is 13.6. The summed E-state index contributed by atoms with van der Waals surface area (Å²) >= 11 is 0. The molecule has 2 aromatic carbocycles. The van der Waals surface area contributed by atoms with E-state index in [1.807, 2.05) is 24.4 Å². The average Bonchev–Trinajstić information content (AvgIpc) is 2.81. The van der Waals surface area contributed by atoms with Crippen LogP contribution in [0.2, 0.25) is 0 Å². The second-order valence-electron chi connectivity index (χ2n) is 6.86. The first kappa shape index (κ1) is 17.2. The summed E-state index contributed by atoms with van der Waals surface area (Å²) in [7, 11) is 0. The lowest BCUT2D eigenvalue weighted by Crippen LogP contribution is -2.04. The van der Waals surface area contributed by atoms with Crippen molar-refractivity contribution in [2.24, 2.45) is 5.10 Å². The molecule has 0 heterocycles. The number of allylic oxidation sites excluding steroid dienone is 4. The van der Waals surface area contributed by atoms with Crippen LogP contribution in [0.3, 0.4) is 0 Å². The van der Waals surface area contributed by atoms with Gasteiger partial charge in [-0.05, 0) is 68.5 Å². The standard InChI is InChI=1S/C23H26N2/c1-15-10-6-9-13-22(15)25-24-14-20-11-7-8-12-21(20)23-18(4)16(2)17(3)19(23)5/h6-14,23,25H,1-5H3. The fraction of sp³-hybridized carbons (Fsp3) is 0.261. The summed E-state index contributed by atoms with van der Waals surface area (Å²) in [6, 6.07) is 16.7. The quantitative estimate of drug-likeness (QED) is 0.523. The summed E-state index contributed by atoms with van der Waals surface area (Å²) in [5.74, 6) is 0.362. The third kappa shape index (κ3) is 3.30. The van der Waals surface area contributed by atoms with Crippen LogP contribution in [0.4, 0.5) is 5.69 Å². The third-order valence-corrected chi connectivity index (χ3v) is 5.45. The van der Waals surface area contributed by atoms with Gasteiger partial charge < -0.3 is 0 Å². The molecule has 0 unspecified atom stereocenters. The van der Waals surface area contributed by atoms with Gasteiger partial charge in [0.15, 0.2) is 0 Å². The molecule has 1 N–H and O–H groups in total. The highest BCUT2D eigenvalue weighted by molar-refractivity contribution is 5.83. The lowest BCUT2D eigenvalue weighted by atomic mass is 9.86. The molecule has 0 saturated carbocycles. The molecular formula is C23H26N2. The number of para-hydroxylation sites is 1. The largest absolute Gasteiger partial charge is 0.278 e. The smallest absolute Gasteiger partial charge is 0.0590 e. The molecule has 1 aliphatic rings. The topological polar surface area (TPSA) is 24.4 Å². The summed E-state index contributed by atoms with van der Waals surface area (Å²) in [5, 5.41) is 4.49. The molecule has 0 atom stereocenters. The molecule has 0 saturated heterocycles. The van der Waals surface area contributed by atoms with Crippen molar-refractivity contribution in [3.8, 4) is 0 Å². The van der Waals surface area contributed by atoms with Gasteiger partial charge in [0.25, 0.3) is 0 Å². The van der Waals surface area contributed by atoms with Crippen molar-refractivity contribution in [2.45, 2.75) is 40.5 Å². The molecular weight excluding hydrogens is 304 g/mol. The maximum absolute atomic E-state index is 4.49. The molecule has 0 amide bonds. The predicted molar refractivity (Wildman–Crippen MR) is 108 cm³/mol. The Kier molecular flexibility index (Phi) is 4.89. The maximum atomic E-state index is 4.49. The lowest BCUT2D eigenvalue weighted by molar-refractivity contribution is 0.933. The van der Waals surface area contributed by atoms with E-state index in [1.165, 1.54) is 33.4 Å². The molecule has 0 bridgehead atoms. The van der Waals surface area contributed by atoms with Crippen LogP contribution >= 0.6 is 0 Å². The number of hydrazone groups is 1. The van der Waals surface area contributed by atoms with E-state index in [1.54, 1.807) is 0 Å². The number of hydrogen-bond acceptors (Lipinski definition) is 2. The molecule has 2 nitrogen and oxygen atoms in total. The Labute approximate surface area is 151 Å². The Bertz CT molecular complexity index is 860. The van der Waals surface area contributed by atoms with Crippen LogP contribution in [0.15, 0.2) is 75.9 Å². The van der Waals surface area contributed by atoms with E-state index in [0.717, 1.165) is 11.3 Å². The van der Waals surface area contributed by atoms with Crippen molar-refractivity contribution in [3.05, 3.63) is 87.5 Å². The number of anilines is 1.